The largest absolute Gasteiger partial charge is 0.416 e. The van der Waals surface area contributed by atoms with Crippen LogP contribution in [0.25, 0.3) is 5.69 Å². The fraction of sp³-hybridized carbons (Fsp3) is 0.357. The highest BCUT2D eigenvalue weighted by Crippen LogP contribution is 2.30. The van der Waals surface area contributed by atoms with Crippen molar-refractivity contribution in [3.63, 3.8) is 0 Å². The van der Waals surface area contributed by atoms with Gasteiger partial charge in [-0.1, -0.05) is 19.4 Å². The molecule has 1 aromatic heterocycles. The number of nitrogens with zero attached hydrogens (tertiary/aromatic N) is 2. The lowest BCUT2D eigenvalue weighted by atomic mass is 10.1. The number of benzene rings is 1. The zero-order valence-corrected chi connectivity index (χ0v) is 11.7. The van der Waals surface area contributed by atoms with Crippen molar-refractivity contribution in [3.05, 3.63) is 47.3 Å². The standard InChI is InChI=1S/C14H14ClF3N2/c1-2-4-13-10(8-15)9-19-20(13)12-6-3-5-11(7-12)14(16,17)18/h3,5-7,9H,2,4,8H2,1H3. The third kappa shape index (κ3) is 2.98. The molecule has 0 saturated carbocycles. The molecule has 108 valence electrons. The molecule has 2 aromatic rings. The summed E-state index contributed by atoms with van der Waals surface area (Å²) in [5.74, 6) is 0.300. The van der Waals surface area contributed by atoms with E-state index in [1.54, 1.807) is 12.3 Å². The molecule has 0 radical (unpaired) electrons. The molecule has 0 spiro atoms. The van der Waals surface area contributed by atoms with Crippen molar-refractivity contribution in [2.24, 2.45) is 0 Å². The number of hydrogen-bond acceptors (Lipinski definition) is 1. The minimum atomic E-state index is -4.36. The molecule has 1 heterocycles. The zero-order chi connectivity index (χ0) is 14.8. The van der Waals surface area contributed by atoms with Crippen LogP contribution in [0.4, 0.5) is 13.2 Å². The molecule has 1 aromatic carbocycles. The third-order valence-electron chi connectivity index (χ3n) is 3.00. The Morgan fingerprint density at radius 1 is 1.30 bits per heavy atom. The zero-order valence-electron chi connectivity index (χ0n) is 10.9. The molecule has 0 aliphatic carbocycles. The molecule has 20 heavy (non-hydrogen) atoms. The summed E-state index contributed by atoms with van der Waals surface area (Å²) in [7, 11) is 0. The normalized spacial score (nSPS) is 11.8. The van der Waals surface area contributed by atoms with E-state index in [9.17, 15) is 13.2 Å². The lowest BCUT2D eigenvalue weighted by Gasteiger charge is -2.11. The number of halogens is 4. The molecule has 0 fully saturated rings. The Morgan fingerprint density at radius 2 is 2.05 bits per heavy atom. The van der Waals surface area contributed by atoms with E-state index < -0.39 is 11.7 Å². The van der Waals surface area contributed by atoms with Crippen LogP contribution >= 0.6 is 11.6 Å². The molecule has 0 aliphatic heterocycles. The second-order valence-corrected chi connectivity index (χ2v) is 4.73. The van der Waals surface area contributed by atoms with Gasteiger partial charge in [-0.15, -0.1) is 11.6 Å². The van der Waals surface area contributed by atoms with Crippen LogP contribution in [-0.4, -0.2) is 9.78 Å². The van der Waals surface area contributed by atoms with Crippen molar-refractivity contribution in [2.45, 2.75) is 31.8 Å². The van der Waals surface area contributed by atoms with Crippen molar-refractivity contribution in [3.8, 4) is 5.69 Å². The first-order valence-corrected chi connectivity index (χ1v) is 6.80. The van der Waals surface area contributed by atoms with Crippen LogP contribution in [0.2, 0.25) is 0 Å². The van der Waals surface area contributed by atoms with E-state index >= 15 is 0 Å². The molecular weight excluding hydrogens is 289 g/mol. The minimum absolute atomic E-state index is 0.300. The van der Waals surface area contributed by atoms with Crippen molar-refractivity contribution < 1.29 is 13.2 Å². The third-order valence-corrected chi connectivity index (χ3v) is 3.29. The van der Waals surface area contributed by atoms with Crippen molar-refractivity contribution in [1.82, 2.24) is 9.78 Å². The Balaban J connectivity index is 2.49. The highest BCUT2D eigenvalue weighted by molar-refractivity contribution is 6.17. The van der Waals surface area contributed by atoms with Gasteiger partial charge in [0.1, 0.15) is 0 Å². The molecular formula is C14H14ClF3N2. The van der Waals surface area contributed by atoms with E-state index in [-0.39, 0.29) is 0 Å². The van der Waals surface area contributed by atoms with Crippen LogP contribution in [0.5, 0.6) is 0 Å². The predicted octanol–water partition coefficient (Wildman–Crippen LogP) is 4.58. The number of aromatic nitrogens is 2. The smallest absolute Gasteiger partial charge is 0.237 e. The lowest BCUT2D eigenvalue weighted by Crippen LogP contribution is -2.08. The summed E-state index contributed by atoms with van der Waals surface area (Å²) in [6.07, 6.45) is -1.16. The molecule has 0 bridgehead atoms. The molecule has 0 unspecified atom stereocenters. The SMILES string of the molecule is CCCc1c(CCl)cnn1-c1cccc(C(F)(F)F)c1. The van der Waals surface area contributed by atoms with Crippen LogP contribution < -0.4 is 0 Å². The second-order valence-electron chi connectivity index (χ2n) is 4.46. The highest BCUT2D eigenvalue weighted by atomic mass is 35.5. The number of rotatable bonds is 4. The summed E-state index contributed by atoms with van der Waals surface area (Å²) in [5.41, 5.74) is 1.44. The summed E-state index contributed by atoms with van der Waals surface area (Å²) in [5, 5.41) is 4.16. The maximum Gasteiger partial charge on any atom is 0.416 e. The van der Waals surface area contributed by atoms with Gasteiger partial charge in [0.25, 0.3) is 0 Å². The average molecular weight is 303 g/mol. The Hall–Kier alpha value is -1.49. The predicted molar refractivity (Wildman–Crippen MR) is 72.1 cm³/mol. The van der Waals surface area contributed by atoms with Crippen LogP contribution in [0.3, 0.4) is 0 Å². The first kappa shape index (κ1) is 14.9. The van der Waals surface area contributed by atoms with Gasteiger partial charge in [0.15, 0.2) is 0 Å². The maximum absolute atomic E-state index is 12.8. The van der Waals surface area contributed by atoms with E-state index in [0.29, 0.717) is 11.6 Å². The second kappa shape index (κ2) is 5.87. The van der Waals surface area contributed by atoms with E-state index in [0.717, 1.165) is 36.2 Å². The molecule has 0 atom stereocenters. The maximum atomic E-state index is 12.8. The van der Waals surface area contributed by atoms with Gasteiger partial charge < -0.3 is 0 Å². The Labute approximate surface area is 120 Å². The van der Waals surface area contributed by atoms with Gasteiger partial charge in [-0.2, -0.15) is 18.3 Å². The van der Waals surface area contributed by atoms with Crippen LogP contribution in [0.15, 0.2) is 30.5 Å². The first-order chi connectivity index (χ1) is 9.47. The van der Waals surface area contributed by atoms with Crippen molar-refractivity contribution in [1.29, 1.82) is 0 Å². The Kier molecular flexibility index (Phi) is 4.38. The van der Waals surface area contributed by atoms with E-state index in [1.807, 2.05) is 6.92 Å². The van der Waals surface area contributed by atoms with Gasteiger partial charge in [-0.3, -0.25) is 0 Å². The van der Waals surface area contributed by atoms with Crippen LogP contribution in [0.1, 0.15) is 30.2 Å². The molecule has 2 rings (SSSR count). The van der Waals surface area contributed by atoms with Gasteiger partial charge in [-0.25, -0.2) is 4.68 Å². The monoisotopic (exact) mass is 302 g/mol. The topological polar surface area (TPSA) is 17.8 Å². The summed E-state index contributed by atoms with van der Waals surface area (Å²) in [4.78, 5) is 0. The molecule has 0 amide bonds. The molecule has 0 N–H and O–H groups in total. The van der Waals surface area contributed by atoms with Crippen LogP contribution in [-0.2, 0) is 18.5 Å². The number of hydrogen-bond donors (Lipinski definition) is 0. The van der Waals surface area contributed by atoms with E-state index in [1.165, 1.54) is 10.7 Å². The molecule has 2 nitrogen and oxygen atoms in total. The Bertz CT molecular complexity index is 590. The summed E-state index contributed by atoms with van der Waals surface area (Å²) < 4.78 is 39.8. The number of alkyl halides is 4. The molecule has 0 aliphatic rings. The summed E-state index contributed by atoms with van der Waals surface area (Å²) >= 11 is 5.84. The Morgan fingerprint density at radius 3 is 2.65 bits per heavy atom. The summed E-state index contributed by atoms with van der Waals surface area (Å²) in [6.45, 7) is 2.00. The fourth-order valence-electron chi connectivity index (χ4n) is 2.06. The van der Waals surface area contributed by atoms with Gasteiger partial charge >= 0.3 is 6.18 Å². The minimum Gasteiger partial charge on any atom is -0.237 e. The van der Waals surface area contributed by atoms with Gasteiger partial charge in [-0.05, 0) is 24.6 Å². The van der Waals surface area contributed by atoms with Gasteiger partial charge in [0.05, 0.1) is 23.3 Å². The van der Waals surface area contributed by atoms with Gasteiger partial charge in [0, 0.05) is 11.3 Å². The fourth-order valence-corrected chi connectivity index (χ4v) is 2.28. The lowest BCUT2D eigenvalue weighted by molar-refractivity contribution is -0.137. The van der Waals surface area contributed by atoms with Gasteiger partial charge in [0.2, 0.25) is 0 Å². The van der Waals surface area contributed by atoms with Crippen molar-refractivity contribution in [2.75, 3.05) is 0 Å². The van der Waals surface area contributed by atoms with E-state index in [2.05, 4.69) is 5.10 Å². The molecule has 0 saturated heterocycles. The molecule has 6 heteroatoms. The average Bonchev–Trinajstić information content (AvgIpc) is 2.81. The summed E-state index contributed by atoms with van der Waals surface area (Å²) in [6, 6.07) is 5.15. The van der Waals surface area contributed by atoms with Crippen LogP contribution in [0, 0.1) is 0 Å². The first-order valence-electron chi connectivity index (χ1n) is 6.26. The quantitative estimate of drug-likeness (QED) is 0.756. The highest BCUT2D eigenvalue weighted by Gasteiger charge is 2.30. The van der Waals surface area contributed by atoms with E-state index in [4.69, 9.17) is 11.6 Å². The van der Waals surface area contributed by atoms with Crippen molar-refractivity contribution >= 4 is 11.6 Å².